The minimum atomic E-state index is -1.98. The molecule has 19 heteroatoms. The fourth-order valence-corrected chi connectivity index (χ4v) is 13.4. The average Bonchev–Trinajstić information content (AvgIpc) is 0.785. The summed E-state index contributed by atoms with van der Waals surface area (Å²) in [4.78, 5) is 13.5. The molecule has 0 bridgehead atoms. The fraction of sp³-hybridized carbons (Fsp3) is 0.886. The monoisotopic (exact) mass is 1400 g/mol. The number of carbonyl (C=O) groups is 1. The van der Waals surface area contributed by atoms with Crippen LogP contribution in [-0.4, -0.2) is 193 Å². The van der Waals surface area contributed by atoms with E-state index in [0.29, 0.717) is 6.42 Å². The smallest absolute Gasteiger partial charge is 0.220 e. The summed E-state index contributed by atoms with van der Waals surface area (Å²) >= 11 is 0. The van der Waals surface area contributed by atoms with E-state index in [4.69, 9.17) is 28.4 Å². The van der Waals surface area contributed by atoms with Gasteiger partial charge in [-0.2, -0.15) is 0 Å². The van der Waals surface area contributed by atoms with Crippen LogP contribution in [0.1, 0.15) is 316 Å². The quantitative estimate of drug-likeness (QED) is 0.0199. The van der Waals surface area contributed by atoms with Gasteiger partial charge in [-0.1, -0.05) is 300 Å². The molecule has 19 nitrogen and oxygen atoms in total. The Labute approximate surface area is 593 Å². The molecule has 0 aromatic heterocycles. The molecule has 17 unspecified atom stereocenters. The molecule has 3 rings (SSSR count). The molecule has 12 N–H and O–H groups in total. The van der Waals surface area contributed by atoms with Crippen LogP contribution in [-0.2, 0) is 33.2 Å². The number of aliphatic hydroxyl groups is 11. The van der Waals surface area contributed by atoms with Gasteiger partial charge in [0.25, 0.3) is 0 Å². The lowest BCUT2D eigenvalue weighted by molar-refractivity contribution is -0.379. The third kappa shape index (κ3) is 40.1. The number of hydrogen-bond donors (Lipinski definition) is 12. The van der Waals surface area contributed by atoms with Gasteiger partial charge >= 0.3 is 0 Å². The second kappa shape index (κ2) is 60.1. The maximum atomic E-state index is 13.5. The lowest BCUT2D eigenvalue weighted by atomic mass is 9.96. The van der Waals surface area contributed by atoms with Crippen molar-refractivity contribution in [1.29, 1.82) is 0 Å². The number of carbonyl (C=O) groups excluding carboxylic acids is 1. The number of unbranched alkanes of at least 4 members (excludes halogenated alkanes) is 41. The van der Waals surface area contributed by atoms with Crippen molar-refractivity contribution in [2.75, 3.05) is 26.4 Å². The third-order valence-electron chi connectivity index (χ3n) is 19.9. The van der Waals surface area contributed by atoms with Crippen molar-refractivity contribution < 1.29 is 89.4 Å². The van der Waals surface area contributed by atoms with Crippen molar-refractivity contribution in [3.05, 3.63) is 48.6 Å². The van der Waals surface area contributed by atoms with Crippen LogP contribution in [0.4, 0.5) is 0 Å². The maximum absolute atomic E-state index is 13.5. The topological polar surface area (TPSA) is 307 Å². The van der Waals surface area contributed by atoms with Crippen LogP contribution in [0.2, 0.25) is 0 Å². The highest BCUT2D eigenvalue weighted by Gasteiger charge is 2.54. The number of aliphatic hydroxyl groups excluding tert-OH is 11. The Morgan fingerprint density at radius 1 is 0.367 bits per heavy atom. The molecule has 17 atom stereocenters. The van der Waals surface area contributed by atoms with E-state index in [1.54, 1.807) is 6.08 Å². The number of ether oxygens (including phenoxy) is 6. The summed E-state index contributed by atoms with van der Waals surface area (Å²) in [5, 5.41) is 121. The summed E-state index contributed by atoms with van der Waals surface area (Å²) in [5.41, 5.74) is 0. The van der Waals surface area contributed by atoms with E-state index in [0.717, 1.165) is 57.8 Å². The van der Waals surface area contributed by atoms with Crippen LogP contribution in [0, 0.1) is 0 Å². The highest BCUT2D eigenvalue weighted by molar-refractivity contribution is 5.76. The molecule has 3 saturated heterocycles. The molecule has 0 saturated carbocycles. The van der Waals surface area contributed by atoms with Gasteiger partial charge in [0.15, 0.2) is 18.9 Å². The molecule has 1 amide bonds. The second-order valence-electron chi connectivity index (χ2n) is 28.5. The van der Waals surface area contributed by atoms with Gasteiger partial charge in [-0.15, -0.1) is 0 Å². The van der Waals surface area contributed by atoms with Crippen LogP contribution in [0.25, 0.3) is 0 Å². The number of rotatable bonds is 63. The van der Waals surface area contributed by atoms with Crippen molar-refractivity contribution in [1.82, 2.24) is 5.32 Å². The first kappa shape index (κ1) is 90.0. The first-order chi connectivity index (χ1) is 47.8. The molecule has 0 radical (unpaired) electrons. The Morgan fingerprint density at radius 2 is 0.673 bits per heavy atom. The van der Waals surface area contributed by atoms with Crippen molar-refractivity contribution in [2.24, 2.45) is 0 Å². The van der Waals surface area contributed by atoms with E-state index in [9.17, 15) is 61.0 Å². The molecule has 0 spiro atoms. The normalized spacial score (nSPS) is 27.0. The summed E-state index contributed by atoms with van der Waals surface area (Å²) in [6.45, 7) is 1.77. The van der Waals surface area contributed by atoms with Crippen LogP contribution in [0.3, 0.4) is 0 Å². The summed E-state index contributed by atoms with van der Waals surface area (Å²) in [6, 6.07) is -0.975. The minimum Gasteiger partial charge on any atom is -0.394 e. The minimum absolute atomic E-state index is 0.244. The van der Waals surface area contributed by atoms with Gasteiger partial charge in [-0.3, -0.25) is 4.79 Å². The van der Waals surface area contributed by atoms with Crippen molar-refractivity contribution in [3.63, 3.8) is 0 Å². The zero-order valence-electron chi connectivity index (χ0n) is 61.3. The SMILES string of the molecule is CCCCCCC/C=C\C/C=C\C/C=C\CCCCCCCCCCCCCCCCCCC(=O)NC(COC1OC(CO)C(OC2OC(CO)C(OC3OC(CO)C(O)C(O)C3O)C(O)C2O)C(O)C1O)C(O)/C=C/CCCCCCCCCCCCCCCCCCCCCC. The molecular formula is C79H145NO18. The predicted molar refractivity (Wildman–Crippen MR) is 388 cm³/mol. The van der Waals surface area contributed by atoms with Gasteiger partial charge in [0, 0.05) is 6.42 Å². The number of amides is 1. The Kier molecular flexibility index (Phi) is 55.1. The Bertz CT molecular complexity index is 1960. The van der Waals surface area contributed by atoms with E-state index in [1.807, 2.05) is 6.08 Å². The number of hydrogen-bond acceptors (Lipinski definition) is 18. The first-order valence-electron chi connectivity index (χ1n) is 39.9. The number of nitrogens with one attached hydrogen (secondary N) is 1. The second-order valence-corrected chi connectivity index (χ2v) is 28.5. The highest BCUT2D eigenvalue weighted by Crippen LogP contribution is 2.33. The van der Waals surface area contributed by atoms with Gasteiger partial charge in [0.05, 0.1) is 38.6 Å². The molecule has 3 aliphatic heterocycles. The highest BCUT2D eigenvalue weighted by atomic mass is 16.8. The van der Waals surface area contributed by atoms with Crippen molar-refractivity contribution in [2.45, 2.75) is 420 Å². The Hall–Kier alpha value is -2.25. The summed E-state index contributed by atoms with van der Waals surface area (Å²) < 4.78 is 34.5. The maximum Gasteiger partial charge on any atom is 0.220 e. The first-order valence-corrected chi connectivity index (χ1v) is 39.9. The molecule has 0 aliphatic carbocycles. The number of allylic oxidation sites excluding steroid dienone is 7. The molecule has 3 aliphatic rings. The van der Waals surface area contributed by atoms with E-state index in [1.165, 1.54) is 231 Å². The van der Waals surface area contributed by atoms with E-state index < -0.39 is 124 Å². The van der Waals surface area contributed by atoms with Crippen LogP contribution in [0.5, 0.6) is 0 Å². The molecule has 0 aromatic rings. The summed E-state index contributed by atoms with van der Waals surface area (Å²) in [6.07, 6.45) is 48.0. The zero-order valence-corrected chi connectivity index (χ0v) is 61.3. The van der Waals surface area contributed by atoms with Gasteiger partial charge in [-0.05, 0) is 57.8 Å². The van der Waals surface area contributed by atoms with Gasteiger partial charge in [0.1, 0.15) is 73.2 Å². The lowest BCUT2D eigenvalue weighted by Gasteiger charge is -2.48. The van der Waals surface area contributed by atoms with Crippen molar-refractivity contribution >= 4 is 5.91 Å². The van der Waals surface area contributed by atoms with Crippen LogP contribution < -0.4 is 5.32 Å². The molecule has 0 aromatic carbocycles. The molecular weight excluding hydrogens is 1250 g/mol. The Morgan fingerprint density at radius 3 is 1.05 bits per heavy atom. The zero-order chi connectivity index (χ0) is 71.1. The van der Waals surface area contributed by atoms with E-state index in [-0.39, 0.29) is 18.9 Å². The van der Waals surface area contributed by atoms with Gasteiger partial charge in [-0.25, -0.2) is 0 Å². The van der Waals surface area contributed by atoms with E-state index >= 15 is 0 Å². The fourth-order valence-electron chi connectivity index (χ4n) is 13.4. The molecule has 3 heterocycles. The van der Waals surface area contributed by atoms with Crippen LogP contribution in [0.15, 0.2) is 48.6 Å². The van der Waals surface area contributed by atoms with Gasteiger partial charge < -0.3 is 89.9 Å². The molecule has 574 valence electrons. The summed E-state index contributed by atoms with van der Waals surface area (Å²) in [5.74, 6) is -0.272. The molecule has 98 heavy (non-hydrogen) atoms. The van der Waals surface area contributed by atoms with Crippen LogP contribution >= 0.6 is 0 Å². The lowest BCUT2D eigenvalue weighted by Crippen LogP contribution is -2.66. The Balaban J connectivity index is 1.37. The third-order valence-corrected chi connectivity index (χ3v) is 19.9. The predicted octanol–water partition coefficient (Wildman–Crippen LogP) is 12.9. The molecule has 3 fully saturated rings. The summed E-state index contributed by atoms with van der Waals surface area (Å²) in [7, 11) is 0. The largest absolute Gasteiger partial charge is 0.394 e. The van der Waals surface area contributed by atoms with Gasteiger partial charge in [0.2, 0.25) is 5.91 Å². The van der Waals surface area contributed by atoms with E-state index in [2.05, 4.69) is 55.6 Å². The average molecular weight is 1400 g/mol. The van der Waals surface area contributed by atoms with Crippen molar-refractivity contribution in [3.8, 4) is 0 Å². The standard InChI is InChI=1S/C79H145NO18/c1-3-5-7-9-11-13-15-17-19-21-23-25-27-28-29-30-31-32-33-34-35-37-39-41-43-45-47-49-51-53-55-57-67(85)80-62(63(84)56-54-52-50-48-46-44-42-40-38-36-26-24-22-20-18-16-14-12-10-8-6-4-2)61-93-77-73(91)70(88)75(65(59-82)95-77)98-79-74(92)71(89)76(66(60-83)96-79)97-78-72(90)69(87)68(86)64(58-81)94-78/h15,17,21,23,27-28,54,56,62-66,68-79,81-84,86-92H,3-14,16,18-20,22,24-26,29-53,55,57-61H2,1-2H3,(H,80,85)/b17-15-,23-21-,28-27-,56-54+.